The molecule has 4 rings (SSSR count). The monoisotopic (exact) mass is 382 g/mol. The molecule has 0 aliphatic heterocycles. The highest BCUT2D eigenvalue weighted by molar-refractivity contribution is 9.10. The Bertz CT molecular complexity index is 813. The molecule has 0 atom stereocenters. The van der Waals surface area contributed by atoms with Gasteiger partial charge in [0.05, 0.1) is 11.0 Å². The van der Waals surface area contributed by atoms with E-state index in [-0.39, 0.29) is 0 Å². The Morgan fingerprint density at radius 2 is 1.71 bits per heavy atom. The minimum Gasteiger partial charge on any atom is -0.324 e. The minimum absolute atomic E-state index is 0.887. The summed E-state index contributed by atoms with van der Waals surface area (Å²) in [5, 5.41) is 0. The number of fused-ring (bicyclic) bond motifs is 1. The lowest BCUT2D eigenvalue weighted by Crippen LogP contribution is -2.10. The van der Waals surface area contributed by atoms with Crippen LogP contribution in [0.25, 0.3) is 22.4 Å². The highest BCUT2D eigenvalue weighted by Gasteiger charge is 2.16. The van der Waals surface area contributed by atoms with Crippen molar-refractivity contribution in [3.63, 3.8) is 0 Å². The number of aromatic nitrogens is 2. The van der Waals surface area contributed by atoms with E-state index < -0.39 is 0 Å². The number of imidazole rings is 1. The molecule has 0 N–H and O–H groups in total. The van der Waals surface area contributed by atoms with Crippen molar-refractivity contribution in [1.29, 1.82) is 0 Å². The molecule has 1 aromatic heterocycles. The van der Waals surface area contributed by atoms with E-state index in [0.29, 0.717) is 0 Å². The maximum Gasteiger partial charge on any atom is 0.141 e. The first kappa shape index (κ1) is 15.9. The number of hydrogen-bond acceptors (Lipinski definition) is 1. The minimum atomic E-state index is 0.887. The summed E-state index contributed by atoms with van der Waals surface area (Å²) in [6.45, 7) is 1.07. The summed E-state index contributed by atoms with van der Waals surface area (Å²) in [4.78, 5) is 4.92. The van der Waals surface area contributed by atoms with Gasteiger partial charge in [-0.05, 0) is 36.6 Å². The largest absolute Gasteiger partial charge is 0.324 e. The smallest absolute Gasteiger partial charge is 0.141 e. The fourth-order valence-corrected chi connectivity index (χ4v) is 4.17. The Kier molecular flexibility index (Phi) is 4.70. The van der Waals surface area contributed by atoms with E-state index in [9.17, 15) is 0 Å². The summed E-state index contributed by atoms with van der Waals surface area (Å²) in [6, 6.07) is 17.0. The summed E-state index contributed by atoms with van der Waals surface area (Å²) in [7, 11) is 0. The van der Waals surface area contributed by atoms with Crippen molar-refractivity contribution in [3.8, 4) is 11.4 Å². The quantitative estimate of drug-likeness (QED) is 0.507. The van der Waals surface area contributed by atoms with Crippen LogP contribution >= 0.6 is 15.9 Å². The van der Waals surface area contributed by atoms with Crippen LogP contribution in [0.5, 0.6) is 0 Å². The van der Waals surface area contributed by atoms with Crippen LogP contribution in [0.1, 0.15) is 38.5 Å². The number of rotatable bonds is 4. The topological polar surface area (TPSA) is 17.8 Å². The first-order valence-electron chi connectivity index (χ1n) is 9.02. The average Bonchev–Trinajstić information content (AvgIpc) is 3.00. The molecule has 124 valence electrons. The summed E-state index contributed by atoms with van der Waals surface area (Å²) in [5.74, 6) is 1.98. The van der Waals surface area contributed by atoms with Crippen molar-refractivity contribution in [2.75, 3.05) is 0 Å². The number of nitrogens with zero attached hydrogens (tertiary/aromatic N) is 2. The lowest BCUT2D eigenvalue weighted by Gasteiger charge is -2.22. The van der Waals surface area contributed by atoms with E-state index in [4.69, 9.17) is 4.98 Å². The molecule has 24 heavy (non-hydrogen) atoms. The Morgan fingerprint density at radius 1 is 0.958 bits per heavy atom. The van der Waals surface area contributed by atoms with Crippen LogP contribution < -0.4 is 0 Å². The van der Waals surface area contributed by atoms with Gasteiger partial charge in [0, 0.05) is 16.6 Å². The van der Waals surface area contributed by atoms with Crippen LogP contribution in [0.15, 0.2) is 53.0 Å². The Balaban J connectivity index is 1.68. The number of hydrogen-bond donors (Lipinski definition) is 0. The summed E-state index contributed by atoms with van der Waals surface area (Å²) in [6.07, 6.45) is 8.32. The molecule has 1 aliphatic carbocycles. The van der Waals surface area contributed by atoms with E-state index >= 15 is 0 Å². The predicted octanol–water partition coefficient (Wildman–Crippen LogP) is 6.44. The summed E-state index contributed by atoms with van der Waals surface area (Å²) >= 11 is 3.53. The molecular formula is C21H23BrN2. The Morgan fingerprint density at radius 3 is 2.50 bits per heavy atom. The maximum absolute atomic E-state index is 4.92. The van der Waals surface area contributed by atoms with Gasteiger partial charge in [-0.25, -0.2) is 4.98 Å². The van der Waals surface area contributed by atoms with Crippen molar-refractivity contribution >= 4 is 27.0 Å². The van der Waals surface area contributed by atoms with Gasteiger partial charge >= 0.3 is 0 Å². The first-order valence-corrected chi connectivity index (χ1v) is 9.82. The van der Waals surface area contributed by atoms with Gasteiger partial charge in [0.1, 0.15) is 5.82 Å². The fourth-order valence-electron chi connectivity index (χ4n) is 3.91. The molecule has 0 bridgehead atoms. The van der Waals surface area contributed by atoms with Crippen LogP contribution in [0, 0.1) is 5.92 Å². The SMILES string of the molecule is Brc1ccc(-c2nc3ccccc3n2CCC2CCCCC2)cc1. The van der Waals surface area contributed by atoms with Crippen LogP contribution in [-0.2, 0) is 6.54 Å². The van der Waals surface area contributed by atoms with Gasteiger partial charge in [-0.3, -0.25) is 0 Å². The molecule has 0 spiro atoms. The van der Waals surface area contributed by atoms with Crippen molar-refractivity contribution in [2.24, 2.45) is 5.92 Å². The average molecular weight is 383 g/mol. The molecule has 0 amide bonds. The predicted molar refractivity (Wildman–Crippen MR) is 104 cm³/mol. The second-order valence-corrected chi connectivity index (χ2v) is 7.79. The Hall–Kier alpha value is -1.61. The summed E-state index contributed by atoms with van der Waals surface area (Å²) in [5.41, 5.74) is 3.54. The van der Waals surface area contributed by atoms with Crippen molar-refractivity contribution in [1.82, 2.24) is 9.55 Å². The molecule has 1 saturated carbocycles. The molecule has 0 saturated heterocycles. The first-order chi connectivity index (χ1) is 11.8. The highest BCUT2D eigenvalue weighted by atomic mass is 79.9. The van der Waals surface area contributed by atoms with Crippen LogP contribution in [0.4, 0.5) is 0 Å². The van der Waals surface area contributed by atoms with E-state index in [1.54, 1.807) is 0 Å². The third-order valence-electron chi connectivity index (χ3n) is 5.24. The molecule has 2 nitrogen and oxygen atoms in total. The van der Waals surface area contributed by atoms with Crippen molar-refractivity contribution < 1.29 is 0 Å². The van der Waals surface area contributed by atoms with Gasteiger partial charge in [0.25, 0.3) is 0 Å². The lowest BCUT2D eigenvalue weighted by atomic mass is 9.87. The van der Waals surface area contributed by atoms with E-state index in [2.05, 4.69) is 69.0 Å². The molecule has 1 aliphatic rings. The van der Waals surface area contributed by atoms with Gasteiger partial charge in [-0.15, -0.1) is 0 Å². The zero-order valence-corrected chi connectivity index (χ0v) is 15.5. The standard InChI is InChI=1S/C21H23BrN2/c22-18-12-10-17(11-13-18)21-23-19-8-4-5-9-20(19)24(21)15-14-16-6-2-1-3-7-16/h4-5,8-13,16H,1-3,6-7,14-15H2. The fraction of sp³-hybridized carbons (Fsp3) is 0.381. The normalized spacial score (nSPS) is 15.9. The maximum atomic E-state index is 4.92. The Labute approximate surface area is 152 Å². The van der Waals surface area contributed by atoms with E-state index in [1.807, 2.05) is 0 Å². The van der Waals surface area contributed by atoms with Crippen LogP contribution in [0.3, 0.4) is 0 Å². The number of aryl methyl sites for hydroxylation is 1. The van der Waals surface area contributed by atoms with Crippen LogP contribution in [-0.4, -0.2) is 9.55 Å². The zero-order chi connectivity index (χ0) is 16.4. The molecule has 2 aromatic carbocycles. The zero-order valence-electron chi connectivity index (χ0n) is 13.9. The third kappa shape index (κ3) is 3.27. The lowest BCUT2D eigenvalue weighted by molar-refractivity contribution is 0.326. The molecule has 1 fully saturated rings. The van der Waals surface area contributed by atoms with E-state index in [0.717, 1.165) is 28.3 Å². The van der Waals surface area contributed by atoms with E-state index in [1.165, 1.54) is 49.6 Å². The van der Waals surface area contributed by atoms with Crippen LogP contribution in [0.2, 0.25) is 0 Å². The number of halogens is 1. The molecule has 3 aromatic rings. The van der Waals surface area contributed by atoms with Gasteiger partial charge < -0.3 is 4.57 Å². The number of para-hydroxylation sites is 2. The molecule has 3 heteroatoms. The van der Waals surface area contributed by atoms with Gasteiger partial charge in [0.2, 0.25) is 0 Å². The second-order valence-electron chi connectivity index (χ2n) is 6.88. The van der Waals surface area contributed by atoms with Gasteiger partial charge in [-0.2, -0.15) is 0 Å². The van der Waals surface area contributed by atoms with Gasteiger partial charge in [0.15, 0.2) is 0 Å². The third-order valence-corrected chi connectivity index (χ3v) is 5.77. The number of benzene rings is 2. The molecular weight excluding hydrogens is 360 g/mol. The second kappa shape index (κ2) is 7.10. The molecule has 1 heterocycles. The molecule has 0 unspecified atom stereocenters. The highest BCUT2D eigenvalue weighted by Crippen LogP contribution is 2.30. The van der Waals surface area contributed by atoms with Crippen molar-refractivity contribution in [2.45, 2.75) is 45.1 Å². The van der Waals surface area contributed by atoms with Gasteiger partial charge in [-0.1, -0.05) is 72.3 Å². The molecule has 0 radical (unpaired) electrons. The van der Waals surface area contributed by atoms with Crippen molar-refractivity contribution in [3.05, 3.63) is 53.0 Å². The summed E-state index contributed by atoms with van der Waals surface area (Å²) < 4.78 is 3.53.